The molecule has 1 saturated carbocycles. The lowest BCUT2D eigenvalue weighted by Crippen LogP contribution is -2.40. The van der Waals surface area contributed by atoms with Crippen molar-refractivity contribution in [3.05, 3.63) is 35.6 Å². The minimum atomic E-state index is -0.112. The molecule has 3 heteroatoms. The summed E-state index contributed by atoms with van der Waals surface area (Å²) in [5.74, 6) is -0.112. The second kappa shape index (κ2) is 5.81. The predicted octanol–water partition coefficient (Wildman–Crippen LogP) is 2.96. The smallest absolute Gasteiger partial charge is 0.127 e. The zero-order chi connectivity index (χ0) is 13.1. The highest BCUT2D eigenvalue weighted by Crippen LogP contribution is 2.24. The molecule has 2 nitrogen and oxygen atoms in total. The quantitative estimate of drug-likeness (QED) is 0.835. The summed E-state index contributed by atoms with van der Waals surface area (Å²) in [7, 11) is 2.07. The molecule has 1 aromatic rings. The van der Waals surface area contributed by atoms with Gasteiger partial charge in [-0.3, -0.25) is 4.90 Å². The third kappa shape index (κ3) is 3.30. The predicted molar refractivity (Wildman–Crippen MR) is 73.1 cm³/mol. The van der Waals surface area contributed by atoms with Crippen molar-refractivity contribution in [1.29, 1.82) is 0 Å². The molecular formula is C15H23FN2. The van der Waals surface area contributed by atoms with Crippen molar-refractivity contribution in [2.24, 2.45) is 0 Å². The van der Waals surface area contributed by atoms with Crippen molar-refractivity contribution >= 4 is 0 Å². The molecule has 1 aliphatic rings. The summed E-state index contributed by atoms with van der Waals surface area (Å²) in [6, 6.07) is 8.27. The molecule has 0 radical (unpaired) electrons. The minimum Gasteiger partial charge on any atom is -0.312 e. The number of hydrogen-bond donors (Lipinski definition) is 1. The Labute approximate surface area is 109 Å². The maximum Gasteiger partial charge on any atom is 0.127 e. The van der Waals surface area contributed by atoms with E-state index in [1.54, 1.807) is 6.07 Å². The number of benzene rings is 1. The SMILES string of the molecule is CC(CNC1CC1)N(C)C(C)c1ccccc1F. The van der Waals surface area contributed by atoms with E-state index in [4.69, 9.17) is 0 Å². The molecule has 0 aromatic heterocycles. The number of hydrogen-bond acceptors (Lipinski definition) is 2. The van der Waals surface area contributed by atoms with E-state index in [9.17, 15) is 4.39 Å². The number of rotatable bonds is 6. The summed E-state index contributed by atoms with van der Waals surface area (Å²) in [6.45, 7) is 5.22. The van der Waals surface area contributed by atoms with Crippen LogP contribution in [0.3, 0.4) is 0 Å². The van der Waals surface area contributed by atoms with Crippen LogP contribution in [0.5, 0.6) is 0 Å². The highest BCUT2D eigenvalue weighted by atomic mass is 19.1. The molecule has 1 N–H and O–H groups in total. The lowest BCUT2D eigenvalue weighted by molar-refractivity contribution is 0.189. The van der Waals surface area contributed by atoms with Gasteiger partial charge in [-0.05, 0) is 39.8 Å². The van der Waals surface area contributed by atoms with E-state index >= 15 is 0 Å². The fraction of sp³-hybridized carbons (Fsp3) is 0.600. The summed E-state index contributed by atoms with van der Waals surface area (Å²) in [5.41, 5.74) is 0.776. The molecule has 2 unspecified atom stereocenters. The van der Waals surface area contributed by atoms with Gasteiger partial charge in [-0.1, -0.05) is 18.2 Å². The standard InChI is InChI=1S/C15H23FN2/c1-11(10-17-13-8-9-13)18(3)12(2)14-6-4-5-7-15(14)16/h4-7,11-13,17H,8-10H2,1-3H3. The van der Waals surface area contributed by atoms with Gasteiger partial charge in [0.25, 0.3) is 0 Å². The summed E-state index contributed by atoms with van der Waals surface area (Å²) in [6.07, 6.45) is 2.61. The van der Waals surface area contributed by atoms with Gasteiger partial charge in [0.05, 0.1) is 0 Å². The summed E-state index contributed by atoms with van der Waals surface area (Å²) in [5, 5.41) is 3.52. The maximum atomic E-state index is 13.7. The molecule has 0 bridgehead atoms. The van der Waals surface area contributed by atoms with Gasteiger partial charge in [-0.25, -0.2) is 4.39 Å². The molecule has 2 atom stereocenters. The zero-order valence-electron chi connectivity index (χ0n) is 11.5. The van der Waals surface area contributed by atoms with Gasteiger partial charge >= 0.3 is 0 Å². The second-order valence-electron chi connectivity index (χ2n) is 5.39. The molecule has 0 aliphatic heterocycles. The van der Waals surface area contributed by atoms with Crippen LogP contribution in [-0.2, 0) is 0 Å². The molecule has 18 heavy (non-hydrogen) atoms. The maximum absolute atomic E-state index is 13.7. The number of likely N-dealkylation sites (N-methyl/N-ethyl adjacent to an activating group) is 1. The molecule has 0 saturated heterocycles. The van der Waals surface area contributed by atoms with Gasteiger partial charge < -0.3 is 5.32 Å². The topological polar surface area (TPSA) is 15.3 Å². The first kappa shape index (κ1) is 13.5. The molecule has 1 aliphatic carbocycles. The van der Waals surface area contributed by atoms with E-state index in [-0.39, 0.29) is 11.9 Å². The largest absolute Gasteiger partial charge is 0.312 e. The highest BCUT2D eigenvalue weighted by molar-refractivity contribution is 5.20. The van der Waals surface area contributed by atoms with Crippen molar-refractivity contribution in [3.63, 3.8) is 0 Å². The molecule has 0 spiro atoms. The lowest BCUT2D eigenvalue weighted by atomic mass is 10.1. The Morgan fingerprint density at radius 1 is 1.33 bits per heavy atom. The van der Waals surface area contributed by atoms with Crippen LogP contribution in [-0.4, -0.2) is 30.6 Å². The monoisotopic (exact) mass is 250 g/mol. The van der Waals surface area contributed by atoms with Crippen LogP contribution in [0.25, 0.3) is 0 Å². The lowest BCUT2D eigenvalue weighted by Gasteiger charge is -2.31. The third-order valence-electron chi connectivity index (χ3n) is 3.94. The number of halogens is 1. The number of nitrogens with zero attached hydrogens (tertiary/aromatic N) is 1. The minimum absolute atomic E-state index is 0.0993. The molecule has 0 heterocycles. The fourth-order valence-corrected chi connectivity index (χ4v) is 2.18. The summed E-state index contributed by atoms with van der Waals surface area (Å²) < 4.78 is 13.7. The van der Waals surface area contributed by atoms with Crippen molar-refractivity contribution in [2.75, 3.05) is 13.6 Å². The fourth-order valence-electron chi connectivity index (χ4n) is 2.18. The van der Waals surface area contributed by atoms with E-state index in [0.29, 0.717) is 6.04 Å². The first-order valence-electron chi connectivity index (χ1n) is 6.79. The normalized spacial score (nSPS) is 18.9. The Morgan fingerprint density at radius 2 is 2.00 bits per heavy atom. The van der Waals surface area contributed by atoms with E-state index in [2.05, 4.69) is 31.1 Å². The first-order valence-corrected chi connectivity index (χ1v) is 6.79. The Balaban J connectivity index is 1.94. The van der Waals surface area contributed by atoms with E-state index < -0.39 is 0 Å². The second-order valence-corrected chi connectivity index (χ2v) is 5.39. The van der Waals surface area contributed by atoms with E-state index in [1.807, 2.05) is 12.1 Å². The third-order valence-corrected chi connectivity index (χ3v) is 3.94. The Kier molecular flexibility index (Phi) is 4.36. The zero-order valence-corrected chi connectivity index (χ0v) is 11.5. The number of nitrogens with one attached hydrogen (secondary N) is 1. The molecule has 100 valence electrons. The summed E-state index contributed by atoms with van der Waals surface area (Å²) in [4.78, 5) is 2.23. The van der Waals surface area contributed by atoms with E-state index in [0.717, 1.165) is 18.2 Å². The van der Waals surface area contributed by atoms with Crippen LogP contribution in [0.1, 0.15) is 38.3 Å². The van der Waals surface area contributed by atoms with E-state index in [1.165, 1.54) is 18.9 Å². The van der Waals surface area contributed by atoms with Crippen molar-refractivity contribution in [1.82, 2.24) is 10.2 Å². The summed E-state index contributed by atoms with van der Waals surface area (Å²) >= 11 is 0. The van der Waals surface area contributed by atoms with Crippen LogP contribution in [0.15, 0.2) is 24.3 Å². The molecule has 1 fully saturated rings. The average molecular weight is 250 g/mol. The Bertz CT molecular complexity index is 390. The van der Waals surface area contributed by atoms with Gasteiger partial charge in [0.2, 0.25) is 0 Å². The van der Waals surface area contributed by atoms with Gasteiger partial charge in [-0.15, -0.1) is 0 Å². The molecule has 0 amide bonds. The highest BCUT2D eigenvalue weighted by Gasteiger charge is 2.24. The Morgan fingerprint density at radius 3 is 2.61 bits per heavy atom. The van der Waals surface area contributed by atoms with Gasteiger partial charge in [-0.2, -0.15) is 0 Å². The van der Waals surface area contributed by atoms with Crippen LogP contribution in [0.4, 0.5) is 4.39 Å². The van der Waals surface area contributed by atoms with Gasteiger partial charge in [0.15, 0.2) is 0 Å². The van der Waals surface area contributed by atoms with Crippen molar-refractivity contribution in [2.45, 2.75) is 44.8 Å². The van der Waals surface area contributed by atoms with Gasteiger partial charge in [0.1, 0.15) is 5.82 Å². The Hall–Kier alpha value is -0.930. The van der Waals surface area contributed by atoms with Crippen molar-refractivity contribution < 1.29 is 4.39 Å². The van der Waals surface area contributed by atoms with Crippen LogP contribution < -0.4 is 5.32 Å². The van der Waals surface area contributed by atoms with Crippen molar-refractivity contribution in [3.8, 4) is 0 Å². The van der Waals surface area contributed by atoms with Crippen LogP contribution >= 0.6 is 0 Å². The molecule has 1 aromatic carbocycles. The average Bonchev–Trinajstić information content (AvgIpc) is 3.19. The van der Waals surface area contributed by atoms with Gasteiger partial charge in [0, 0.05) is 30.2 Å². The molecule has 2 rings (SSSR count). The van der Waals surface area contributed by atoms with Crippen LogP contribution in [0.2, 0.25) is 0 Å². The van der Waals surface area contributed by atoms with Crippen LogP contribution in [0, 0.1) is 5.82 Å². The first-order chi connectivity index (χ1) is 8.59. The molecular weight excluding hydrogens is 227 g/mol.